The first-order valence-electron chi connectivity index (χ1n) is 6.15. The van der Waals surface area contributed by atoms with Crippen LogP contribution in [0.3, 0.4) is 0 Å². The number of amides is 1. The fourth-order valence-corrected chi connectivity index (χ4v) is 1.62. The summed E-state index contributed by atoms with van der Waals surface area (Å²) < 4.78 is 52.8. The van der Waals surface area contributed by atoms with Gasteiger partial charge in [0.05, 0.1) is 0 Å². The van der Waals surface area contributed by atoms with Crippen molar-refractivity contribution in [3.8, 4) is 0 Å². The minimum Gasteiger partial charge on any atom is -0.350 e. The third kappa shape index (κ3) is 3.27. The molecule has 3 N–H and O–H groups in total. The van der Waals surface area contributed by atoms with E-state index in [1.807, 2.05) is 0 Å². The highest BCUT2D eigenvalue weighted by molar-refractivity contribution is 5.94. The van der Waals surface area contributed by atoms with Crippen molar-refractivity contribution in [2.24, 2.45) is 5.73 Å². The fourth-order valence-electron chi connectivity index (χ4n) is 1.62. The Hall–Kier alpha value is -1.63. The van der Waals surface area contributed by atoms with E-state index in [4.69, 9.17) is 5.73 Å². The molecular weight excluding hydrogens is 276 g/mol. The molecule has 0 saturated heterocycles. The Kier molecular flexibility index (Phi) is 5.10. The maximum atomic E-state index is 13.4. The molecule has 0 radical (unpaired) electrons. The zero-order valence-corrected chi connectivity index (χ0v) is 11.2. The van der Waals surface area contributed by atoms with Gasteiger partial charge in [-0.15, -0.1) is 0 Å². The summed E-state index contributed by atoms with van der Waals surface area (Å²) in [5.41, 5.74) is 3.89. The first kappa shape index (κ1) is 16.4. The van der Waals surface area contributed by atoms with Gasteiger partial charge in [0.25, 0.3) is 5.91 Å². The molecule has 7 heteroatoms. The van der Waals surface area contributed by atoms with E-state index < -0.39 is 40.3 Å². The van der Waals surface area contributed by atoms with Gasteiger partial charge in [-0.3, -0.25) is 4.79 Å². The maximum absolute atomic E-state index is 13.4. The van der Waals surface area contributed by atoms with Gasteiger partial charge < -0.3 is 11.1 Å². The monoisotopic (exact) mass is 292 g/mol. The van der Waals surface area contributed by atoms with Gasteiger partial charge in [-0.25, -0.2) is 17.6 Å². The Morgan fingerprint density at radius 2 is 1.60 bits per heavy atom. The second-order valence-corrected chi connectivity index (χ2v) is 4.60. The summed E-state index contributed by atoms with van der Waals surface area (Å²) in [6.45, 7) is 3.52. The van der Waals surface area contributed by atoms with E-state index in [1.165, 1.54) is 0 Å². The molecule has 112 valence electrons. The first-order valence-corrected chi connectivity index (χ1v) is 6.15. The Labute approximate surface area is 114 Å². The van der Waals surface area contributed by atoms with Gasteiger partial charge in [0.1, 0.15) is 5.56 Å². The van der Waals surface area contributed by atoms with E-state index in [-0.39, 0.29) is 12.6 Å². The van der Waals surface area contributed by atoms with E-state index >= 15 is 0 Å². The molecule has 1 rings (SSSR count). The SMILES string of the molecule is CCC(N)(CC)CNC(=O)c1c(F)c(F)cc(F)c1F. The van der Waals surface area contributed by atoms with E-state index in [0.717, 1.165) is 0 Å². The highest BCUT2D eigenvalue weighted by Gasteiger charge is 2.27. The number of nitrogens with one attached hydrogen (secondary N) is 1. The van der Waals surface area contributed by atoms with Crippen molar-refractivity contribution in [1.82, 2.24) is 5.32 Å². The van der Waals surface area contributed by atoms with Crippen molar-refractivity contribution in [2.75, 3.05) is 6.54 Å². The van der Waals surface area contributed by atoms with E-state index in [0.29, 0.717) is 12.8 Å². The summed E-state index contributed by atoms with van der Waals surface area (Å²) in [5.74, 6) is -7.94. The van der Waals surface area contributed by atoms with Crippen LogP contribution in [0.25, 0.3) is 0 Å². The summed E-state index contributed by atoms with van der Waals surface area (Å²) in [7, 11) is 0. The Balaban J connectivity index is 3.00. The molecule has 0 atom stereocenters. The maximum Gasteiger partial charge on any atom is 0.257 e. The number of halogens is 4. The number of benzene rings is 1. The number of carbonyl (C=O) groups excluding carboxylic acids is 1. The normalized spacial score (nSPS) is 11.6. The average Bonchev–Trinajstić information content (AvgIpc) is 2.43. The number of nitrogens with two attached hydrogens (primary N) is 1. The molecule has 0 aliphatic heterocycles. The molecule has 0 aliphatic carbocycles. The molecule has 1 amide bonds. The molecule has 1 aromatic rings. The minimum atomic E-state index is -1.72. The Morgan fingerprint density at radius 1 is 1.15 bits per heavy atom. The molecule has 0 saturated carbocycles. The molecule has 20 heavy (non-hydrogen) atoms. The molecule has 0 aromatic heterocycles. The Bertz CT molecular complexity index is 489. The summed E-state index contributed by atoms with van der Waals surface area (Å²) in [5, 5.41) is 2.20. The van der Waals surface area contributed by atoms with Crippen LogP contribution < -0.4 is 11.1 Å². The van der Waals surface area contributed by atoms with Gasteiger partial charge in [0.2, 0.25) is 0 Å². The van der Waals surface area contributed by atoms with Gasteiger partial charge in [0.15, 0.2) is 23.3 Å². The molecule has 0 spiro atoms. The molecule has 0 aliphatic rings. The van der Waals surface area contributed by atoms with Crippen molar-refractivity contribution in [1.29, 1.82) is 0 Å². The average molecular weight is 292 g/mol. The highest BCUT2D eigenvalue weighted by Crippen LogP contribution is 2.19. The van der Waals surface area contributed by atoms with Crippen molar-refractivity contribution in [3.63, 3.8) is 0 Å². The molecule has 1 aromatic carbocycles. The predicted molar refractivity (Wildman–Crippen MR) is 66.1 cm³/mol. The van der Waals surface area contributed by atoms with E-state index in [1.54, 1.807) is 13.8 Å². The largest absolute Gasteiger partial charge is 0.350 e. The molecule has 0 fully saturated rings. The number of hydrogen-bond acceptors (Lipinski definition) is 2. The van der Waals surface area contributed by atoms with Crippen molar-refractivity contribution in [3.05, 3.63) is 34.9 Å². The predicted octanol–water partition coefficient (Wildman–Crippen LogP) is 2.49. The second kappa shape index (κ2) is 6.21. The second-order valence-electron chi connectivity index (χ2n) is 4.60. The van der Waals surface area contributed by atoms with Gasteiger partial charge in [0, 0.05) is 18.2 Å². The molecule has 3 nitrogen and oxygen atoms in total. The fraction of sp³-hybridized carbons (Fsp3) is 0.462. The lowest BCUT2D eigenvalue weighted by molar-refractivity contribution is 0.0931. The third-order valence-electron chi connectivity index (χ3n) is 3.35. The van der Waals surface area contributed by atoms with Gasteiger partial charge in [-0.2, -0.15) is 0 Å². The van der Waals surface area contributed by atoms with Crippen molar-refractivity contribution in [2.45, 2.75) is 32.2 Å². The Morgan fingerprint density at radius 3 is 2.00 bits per heavy atom. The van der Waals surface area contributed by atoms with Crippen molar-refractivity contribution >= 4 is 5.91 Å². The minimum absolute atomic E-state index is 0.0484. The molecule has 0 unspecified atom stereocenters. The zero-order chi connectivity index (χ0) is 15.5. The lowest BCUT2D eigenvalue weighted by Crippen LogP contribution is -2.49. The lowest BCUT2D eigenvalue weighted by atomic mass is 9.94. The van der Waals surface area contributed by atoms with Crippen LogP contribution in [0, 0.1) is 23.3 Å². The quantitative estimate of drug-likeness (QED) is 0.647. The highest BCUT2D eigenvalue weighted by atomic mass is 19.2. The summed E-state index contributed by atoms with van der Waals surface area (Å²) in [6.07, 6.45) is 1.04. The molecule has 0 heterocycles. The lowest BCUT2D eigenvalue weighted by Gasteiger charge is -2.26. The topological polar surface area (TPSA) is 55.1 Å². The van der Waals surface area contributed by atoms with Gasteiger partial charge >= 0.3 is 0 Å². The van der Waals surface area contributed by atoms with E-state index in [2.05, 4.69) is 5.32 Å². The smallest absolute Gasteiger partial charge is 0.257 e. The third-order valence-corrected chi connectivity index (χ3v) is 3.35. The standard InChI is InChI=1S/C13H16F4N2O/c1-3-13(18,4-2)6-19-12(20)9-10(16)7(14)5-8(15)11(9)17/h5H,3-4,6,18H2,1-2H3,(H,19,20). The molecular formula is C13H16F4N2O. The van der Waals surface area contributed by atoms with Crippen molar-refractivity contribution < 1.29 is 22.4 Å². The summed E-state index contributed by atoms with van der Waals surface area (Å²) in [6, 6.07) is 0.0484. The van der Waals surface area contributed by atoms with Crippen LogP contribution in [-0.4, -0.2) is 18.0 Å². The van der Waals surface area contributed by atoms with Crippen LogP contribution in [0.2, 0.25) is 0 Å². The van der Waals surface area contributed by atoms with Crippen LogP contribution in [0.4, 0.5) is 17.6 Å². The van der Waals surface area contributed by atoms with Crippen LogP contribution >= 0.6 is 0 Å². The number of rotatable bonds is 5. The van der Waals surface area contributed by atoms with Gasteiger partial charge in [-0.1, -0.05) is 13.8 Å². The van der Waals surface area contributed by atoms with Crippen LogP contribution in [0.5, 0.6) is 0 Å². The van der Waals surface area contributed by atoms with Gasteiger partial charge in [-0.05, 0) is 12.8 Å². The first-order chi connectivity index (χ1) is 9.25. The summed E-state index contributed by atoms with van der Waals surface area (Å²) >= 11 is 0. The number of carbonyl (C=O) groups is 1. The molecule has 0 bridgehead atoms. The van der Waals surface area contributed by atoms with Crippen LogP contribution in [-0.2, 0) is 0 Å². The van der Waals surface area contributed by atoms with Crippen LogP contribution in [0.1, 0.15) is 37.0 Å². The van der Waals surface area contributed by atoms with E-state index in [9.17, 15) is 22.4 Å². The number of hydrogen-bond donors (Lipinski definition) is 2. The summed E-state index contributed by atoms with van der Waals surface area (Å²) in [4.78, 5) is 11.7. The zero-order valence-electron chi connectivity index (χ0n) is 11.2. The van der Waals surface area contributed by atoms with Crippen LogP contribution in [0.15, 0.2) is 6.07 Å².